The predicted octanol–water partition coefficient (Wildman–Crippen LogP) is 3.18. The number of carbonyl (C=O) groups excluding carboxylic acids is 2. The third kappa shape index (κ3) is 5.22. The number of phenolic OH excluding ortho intramolecular Hbond substituents is 2. The number of carbonyl (C=O) groups is 2. The molecule has 0 saturated carbocycles. The van der Waals surface area contributed by atoms with Crippen LogP contribution in [-0.4, -0.2) is 63.8 Å². The second kappa shape index (κ2) is 11.3. The SMILES string of the molecule is COc1cc([C@@H]2c3c(cc(OC)c(O)c3OC)C[C@H](COC(C)=O)[C@H]2COC(C)=O)cc(OC)c1O. The summed E-state index contributed by atoms with van der Waals surface area (Å²) >= 11 is 0. The Bertz CT molecular complexity index is 1100. The predicted molar refractivity (Wildman–Crippen MR) is 128 cm³/mol. The number of phenols is 2. The first kappa shape index (κ1) is 26.8. The molecule has 0 fully saturated rings. The molecule has 0 aliphatic heterocycles. The molecule has 0 unspecified atom stereocenters. The highest BCUT2D eigenvalue weighted by Gasteiger charge is 2.43. The van der Waals surface area contributed by atoms with E-state index in [1.54, 1.807) is 18.2 Å². The Balaban J connectivity index is 2.33. The van der Waals surface area contributed by atoms with E-state index in [4.69, 9.17) is 28.4 Å². The molecule has 0 bridgehead atoms. The highest BCUT2D eigenvalue weighted by Crippen LogP contribution is 2.54. The summed E-state index contributed by atoms with van der Waals surface area (Å²) in [5, 5.41) is 21.4. The maximum absolute atomic E-state index is 11.8. The zero-order valence-corrected chi connectivity index (χ0v) is 21.2. The molecule has 3 rings (SSSR count). The van der Waals surface area contributed by atoms with Crippen LogP contribution in [0.4, 0.5) is 0 Å². The van der Waals surface area contributed by atoms with Crippen LogP contribution < -0.4 is 18.9 Å². The molecule has 1 aliphatic rings. The minimum atomic E-state index is -0.538. The molecule has 0 aromatic heterocycles. The monoisotopic (exact) mass is 504 g/mol. The van der Waals surface area contributed by atoms with Gasteiger partial charge in [0.1, 0.15) is 0 Å². The third-order valence-corrected chi connectivity index (χ3v) is 6.44. The van der Waals surface area contributed by atoms with Gasteiger partial charge in [0, 0.05) is 37.2 Å². The lowest BCUT2D eigenvalue weighted by atomic mass is 9.66. The molecule has 0 amide bonds. The number of ether oxygens (including phenoxy) is 6. The van der Waals surface area contributed by atoms with Gasteiger partial charge in [-0.1, -0.05) is 0 Å². The van der Waals surface area contributed by atoms with Crippen molar-refractivity contribution in [1.29, 1.82) is 0 Å². The van der Waals surface area contributed by atoms with Crippen molar-refractivity contribution < 1.29 is 48.2 Å². The molecule has 3 atom stereocenters. The summed E-state index contributed by atoms with van der Waals surface area (Å²) in [6.07, 6.45) is 0.435. The summed E-state index contributed by atoms with van der Waals surface area (Å²) in [5.74, 6) is -1.65. The van der Waals surface area contributed by atoms with E-state index in [-0.39, 0.29) is 53.6 Å². The number of hydrogen-bond donors (Lipinski definition) is 2. The van der Waals surface area contributed by atoms with Gasteiger partial charge < -0.3 is 38.6 Å². The van der Waals surface area contributed by atoms with Gasteiger partial charge in [-0.3, -0.25) is 9.59 Å². The summed E-state index contributed by atoms with van der Waals surface area (Å²) in [7, 11) is 5.72. The minimum absolute atomic E-state index is 0.00677. The first-order chi connectivity index (χ1) is 17.2. The van der Waals surface area contributed by atoms with Crippen LogP contribution >= 0.6 is 0 Å². The summed E-state index contributed by atoms with van der Waals surface area (Å²) in [6, 6.07) is 5.03. The van der Waals surface area contributed by atoms with Crippen LogP contribution in [0.25, 0.3) is 0 Å². The van der Waals surface area contributed by atoms with Crippen molar-refractivity contribution in [3.05, 3.63) is 34.9 Å². The Kier molecular flexibility index (Phi) is 8.39. The highest BCUT2D eigenvalue weighted by atomic mass is 16.5. The van der Waals surface area contributed by atoms with E-state index in [2.05, 4.69) is 0 Å². The molecule has 1 aliphatic carbocycles. The van der Waals surface area contributed by atoms with Gasteiger partial charge in [-0.25, -0.2) is 0 Å². The van der Waals surface area contributed by atoms with Gasteiger partial charge >= 0.3 is 11.9 Å². The van der Waals surface area contributed by atoms with E-state index in [1.165, 1.54) is 42.3 Å². The van der Waals surface area contributed by atoms with Crippen LogP contribution in [0.2, 0.25) is 0 Å². The lowest BCUT2D eigenvalue weighted by Crippen LogP contribution is -2.37. The number of aromatic hydroxyl groups is 2. The maximum atomic E-state index is 11.8. The summed E-state index contributed by atoms with van der Waals surface area (Å²) in [6.45, 7) is 2.73. The first-order valence-corrected chi connectivity index (χ1v) is 11.3. The molecule has 2 N–H and O–H groups in total. The van der Waals surface area contributed by atoms with Crippen molar-refractivity contribution in [2.75, 3.05) is 41.7 Å². The molecule has 0 spiro atoms. The van der Waals surface area contributed by atoms with Crippen LogP contribution in [0.1, 0.15) is 36.5 Å². The van der Waals surface area contributed by atoms with E-state index in [1.807, 2.05) is 0 Å². The van der Waals surface area contributed by atoms with Crippen molar-refractivity contribution in [3.8, 4) is 34.5 Å². The van der Waals surface area contributed by atoms with E-state index in [0.717, 1.165) is 5.56 Å². The fraction of sp³-hybridized carbons (Fsp3) is 0.462. The van der Waals surface area contributed by atoms with Gasteiger partial charge in [0.05, 0.1) is 41.7 Å². The fourth-order valence-corrected chi connectivity index (χ4v) is 4.84. The normalized spacial score (nSPS) is 18.6. The molecule has 10 nitrogen and oxygen atoms in total. The Morgan fingerprint density at radius 1 is 0.806 bits per heavy atom. The van der Waals surface area contributed by atoms with Gasteiger partial charge in [0.25, 0.3) is 0 Å². The summed E-state index contributed by atoms with van der Waals surface area (Å²) in [5.41, 5.74) is 2.10. The van der Waals surface area contributed by atoms with Crippen molar-refractivity contribution in [3.63, 3.8) is 0 Å². The molecule has 2 aromatic carbocycles. The van der Waals surface area contributed by atoms with E-state index in [9.17, 15) is 19.8 Å². The molecular weight excluding hydrogens is 472 g/mol. The quantitative estimate of drug-likeness (QED) is 0.491. The molecule has 36 heavy (non-hydrogen) atoms. The molecule has 0 heterocycles. The summed E-state index contributed by atoms with van der Waals surface area (Å²) < 4.78 is 32.6. The lowest BCUT2D eigenvalue weighted by Gasteiger charge is -2.40. The Morgan fingerprint density at radius 2 is 1.33 bits per heavy atom. The Morgan fingerprint density at radius 3 is 1.83 bits per heavy atom. The number of rotatable bonds is 9. The van der Waals surface area contributed by atoms with Gasteiger partial charge in [-0.05, 0) is 35.7 Å². The number of fused-ring (bicyclic) bond motifs is 1. The minimum Gasteiger partial charge on any atom is -0.502 e. The lowest BCUT2D eigenvalue weighted by molar-refractivity contribution is -0.147. The third-order valence-electron chi connectivity index (χ3n) is 6.44. The molecular formula is C26H32O10. The van der Waals surface area contributed by atoms with Gasteiger partial charge in [-0.2, -0.15) is 0 Å². The fourth-order valence-electron chi connectivity index (χ4n) is 4.84. The topological polar surface area (TPSA) is 130 Å². The van der Waals surface area contributed by atoms with Crippen molar-refractivity contribution in [2.24, 2.45) is 11.8 Å². The average molecular weight is 505 g/mol. The number of methoxy groups -OCH3 is 4. The van der Waals surface area contributed by atoms with Gasteiger partial charge in [-0.15, -0.1) is 0 Å². The van der Waals surface area contributed by atoms with Crippen LogP contribution in [0.3, 0.4) is 0 Å². The van der Waals surface area contributed by atoms with Gasteiger partial charge in [0.15, 0.2) is 23.0 Å². The zero-order valence-electron chi connectivity index (χ0n) is 21.2. The van der Waals surface area contributed by atoms with Crippen LogP contribution in [-0.2, 0) is 25.5 Å². The molecule has 0 radical (unpaired) electrons. The second-order valence-corrected chi connectivity index (χ2v) is 8.52. The second-order valence-electron chi connectivity index (χ2n) is 8.52. The first-order valence-electron chi connectivity index (χ1n) is 11.3. The molecule has 0 saturated heterocycles. The zero-order chi connectivity index (χ0) is 26.6. The number of benzene rings is 2. The molecule has 10 heteroatoms. The number of hydrogen-bond acceptors (Lipinski definition) is 10. The van der Waals surface area contributed by atoms with E-state index < -0.39 is 23.8 Å². The Hall–Kier alpha value is -3.82. The van der Waals surface area contributed by atoms with Crippen molar-refractivity contribution >= 4 is 11.9 Å². The molecule has 2 aromatic rings. The standard InChI is InChI=1S/C26H32O10/c1-13(27)35-11-17-7-15-8-21(33-5)25(30)26(34-6)23(15)22(18(17)12-36-14(2)28)16-9-19(31-3)24(29)20(10-16)32-4/h8-10,17-18,22,29-30H,7,11-12H2,1-6H3/t17-,18-,22+/m1/s1. The largest absolute Gasteiger partial charge is 0.502 e. The van der Waals surface area contributed by atoms with Crippen molar-refractivity contribution in [2.45, 2.75) is 26.2 Å². The maximum Gasteiger partial charge on any atom is 0.302 e. The van der Waals surface area contributed by atoms with E-state index in [0.29, 0.717) is 17.5 Å². The van der Waals surface area contributed by atoms with Crippen LogP contribution in [0.5, 0.6) is 34.5 Å². The highest BCUT2D eigenvalue weighted by molar-refractivity contribution is 5.67. The smallest absolute Gasteiger partial charge is 0.302 e. The van der Waals surface area contributed by atoms with Crippen LogP contribution in [0.15, 0.2) is 18.2 Å². The van der Waals surface area contributed by atoms with Crippen molar-refractivity contribution in [1.82, 2.24) is 0 Å². The van der Waals surface area contributed by atoms with E-state index >= 15 is 0 Å². The number of esters is 2. The summed E-state index contributed by atoms with van der Waals surface area (Å²) in [4.78, 5) is 23.5. The molecule has 196 valence electrons. The average Bonchev–Trinajstić information content (AvgIpc) is 2.85. The van der Waals surface area contributed by atoms with Crippen LogP contribution in [0, 0.1) is 11.8 Å². The Labute approximate surface area is 209 Å². The van der Waals surface area contributed by atoms with Gasteiger partial charge in [0.2, 0.25) is 11.5 Å².